The van der Waals surface area contributed by atoms with E-state index in [1.54, 1.807) is 20.2 Å². The van der Waals surface area contributed by atoms with Crippen molar-refractivity contribution in [3.8, 4) is 0 Å². The van der Waals surface area contributed by atoms with Gasteiger partial charge in [-0.1, -0.05) is 33.0 Å². The molecule has 4 rings (SSSR count). The van der Waals surface area contributed by atoms with E-state index in [0.29, 0.717) is 34.7 Å². The molecule has 0 saturated carbocycles. The number of aromatic nitrogens is 8. The fourth-order valence-electron chi connectivity index (χ4n) is 3.41. The largest absolute Gasteiger partial charge is 0.328 e. The second kappa shape index (κ2) is 7.19. The summed E-state index contributed by atoms with van der Waals surface area (Å²) in [5, 5.41) is 0. The first-order valence-electron chi connectivity index (χ1n) is 9.24. The summed E-state index contributed by atoms with van der Waals surface area (Å²) in [5.74, 6) is 0.218. The Balaban J connectivity index is 2.15. The highest BCUT2D eigenvalue weighted by molar-refractivity contribution is 7.71. The fraction of sp³-hybridized carbons (Fsp3) is 0.412. The number of nitrogens with zero attached hydrogens (tertiary/aromatic N) is 6. The highest BCUT2D eigenvalue weighted by Crippen LogP contribution is 2.17. The molecule has 0 aromatic carbocycles. The molecule has 4 heterocycles. The Morgan fingerprint density at radius 3 is 2.24 bits per heavy atom. The maximum atomic E-state index is 12.6. The van der Waals surface area contributed by atoms with Crippen molar-refractivity contribution in [3.05, 3.63) is 42.9 Å². The summed E-state index contributed by atoms with van der Waals surface area (Å²) in [5.41, 5.74) is 1.13. The summed E-state index contributed by atoms with van der Waals surface area (Å²) < 4.78 is 7.35. The van der Waals surface area contributed by atoms with Gasteiger partial charge in [-0.2, -0.15) is 0 Å². The molecule has 2 N–H and O–H groups in total. The van der Waals surface area contributed by atoms with E-state index >= 15 is 0 Å². The number of hydrogen-bond acceptors (Lipinski definition) is 6. The zero-order chi connectivity index (χ0) is 20.9. The predicted octanol–water partition coefficient (Wildman–Crippen LogP) is 2.20. The third-order valence-corrected chi connectivity index (χ3v) is 5.17. The summed E-state index contributed by atoms with van der Waals surface area (Å²) in [4.78, 5) is 39.1. The number of fused-ring (bicyclic) bond motifs is 2. The van der Waals surface area contributed by atoms with Crippen molar-refractivity contribution in [1.29, 1.82) is 0 Å². The summed E-state index contributed by atoms with van der Waals surface area (Å²) >= 11 is 10.7. The van der Waals surface area contributed by atoms with Crippen molar-refractivity contribution in [2.45, 2.75) is 40.3 Å². The van der Waals surface area contributed by atoms with E-state index in [1.165, 1.54) is 6.33 Å². The monoisotopic (exact) mass is 432 g/mol. The van der Waals surface area contributed by atoms with Crippen LogP contribution in [0.15, 0.2) is 22.2 Å². The minimum absolute atomic E-state index is 0.218. The normalized spacial score (nSPS) is 11.9. The van der Waals surface area contributed by atoms with Crippen LogP contribution >= 0.6 is 24.4 Å². The molecule has 152 valence electrons. The molecule has 0 atom stereocenters. The lowest BCUT2D eigenvalue weighted by molar-refractivity contribution is 0.503. The van der Waals surface area contributed by atoms with Crippen LogP contribution in [0.5, 0.6) is 0 Å². The predicted molar refractivity (Wildman–Crippen MR) is 114 cm³/mol. The number of imidazole rings is 2. The van der Waals surface area contributed by atoms with Crippen LogP contribution in [0.4, 0.5) is 0 Å². The molecule has 29 heavy (non-hydrogen) atoms. The Hall–Kier alpha value is -2.86. The molecule has 0 unspecified atom stereocenters. The molecule has 0 aliphatic heterocycles. The lowest BCUT2D eigenvalue weighted by Gasteiger charge is -2.15. The Morgan fingerprint density at radius 1 is 1.00 bits per heavy atom. The van der Waals surface area contributed by atoms with E-state index in [0.717, 1.165) is 6.42 Å². The van der Waals surface area contributed by atoms with Crippen molar-refractivity contribution in [2.24, 2.45) is 5.92 Å². The highest BCUT2D eigenvalue weighted by atomic mass is 32.1. The van der Waals surface area contributed by atoms with Crippen LogP contribution in [0.1, 0.15) is 27.2 Å². The van der Waals surface area contributed by atoms with E-state index in [1.807, 2.05) is 25.3 Å². The second-order valence-corrected chi connectivity index (χ2v) is 7.99. The van der Waals surface area contributed by atoms with Gasteiger partial charge in [-0.05, 0) is 24.6 Å². The number of aryl methyl sites for hydroxylation is 1. The lowest BCUT2D eigenvalue weighted by atomic mass is 10.2. The van der Waals surface area contributed by atoms with Gasteiger partial charge in [0.25, 0.3) is 5.56 Å². The summed E-state index contributed by atoms with van der Waals surface area (Å²) in [7, 11) is 0. The van der Waals surface area contributed by atoms with Gasteiger partial charge >= 0.3 is 5.69 Å². The quantitative estimate of drug-likeness (QED) is 0.468. The average molecular weight is 433 g/mol. The van der Waals surface area contributed by atoms with Crippen molar-refractivity contribution in [2.75, 3.05) is 0 Å². The molecule has 0 radical (unpaired) electrons. The topological polar surface area (TPSA) is 111 Å². The number of aromatic amines is 2. The molecule has 10 nitrogen and oxygen atoms in total. The molecule has 4 aromatic heterocycles. The second-order valence-electron chi connectivity index (χ2n) is 7.20. The zero-order valence-corrected chi connectivity index (χ0v) is 17.8. The van der Waals surface area contributed by atoms with Crippen molar-refractivity contribution >= 4 is 46.8 Å². The Kier molecular flexibility index (Phi) is 4.82. The van der Waals surface area contributed by atoms with Crippen LogP contribution in [0, 0.1) is 15.3 Å². The molecule has 12 heteroatoms. The smallest absolute Gasteiger partial charge is 0.301 e. The number of nitrogens with one attached hydrogen (secondary N) is 2. The molecule has 4 aromatic rings. The zero-order valence-electron chi connectivity index (χ0n) is 16.2. The molecular formula is C17H20N8O2S2. The number of hydrogen-bond donors (Lipinski definition) is 2. The summed E-state index contributed by atoms with van der Waals surface area (Å²) in [6, 6.07) is 0. The highest BCUT2D eigenvalue weighted by Gasteiger charge is 2.18. The van der Waals surface area contributed by atoms with Crippen LogP contribution in [-0.2, 0) is 13.1 Å². The SMILES string of the molecule is CCCn1c(=S)[nH]c(=O)c2ncn(-n3cnc4c(=S)[nH]c(=O)n(CC(C)C)c43)c21. The number of H-pyrrole nitrogens is 2. The third kappa shape index (κ3) is 3.08. The van der Waals surface area contributed by atoms with E-state index < -0.39 is 0 Å². The molecule has 0 bridgehead atoms. The van der Waals surface area contributed by atoms with Crippen LogP contribution in [0.2, 0.25) is 0 Å². The summed E-state index contributed by atoms with van der Waals surface area (Å²) in [6.07, 6.45) is 3.90. The minimum atomic E-state index is -0.364. The standard InChI is InChI=1S/C17H20N8O2S2/c1-4-5-22-14-10(12(26)20-17(22)29)18-7-24(14)25-8-19-11-13(28)21-16(27)23(15(11)25)6-9(2)3/h7-9H,4-6H2,1-3H3,(H,20,26,29)(H,21,27,28). The Bertz CT molecular complexity index is 1460. The van der Waals surface area contributed by atoms with E-state index in [-0.39, 0.29) is 27.3 Å². The molecule has 0 saturated heterocycles. The van der Waals surface area contributed by atoms with Gasteiger partial charge in [-0.3, -0.25) is 19.3 Å². The fourth-order valence-corrected chi connectivity index (χ4v) is 3.91. The average Bonchev–Trinajstić information content (AvgIpc) is 3.26. The Labute approximate surface area is 174 Å². The molecule has 0 aliphatic carbocycles. The van der Waals surface area contributed by atoms with Crippen molar-refractivity contribution in [1.82, 2.24) is 38.4 Å². The van der Waals surface area contributed by atoms with Crippen LogP contribution in [0.3, 0.4) is 0 Å². The van der Waals surface area contributed by atoms with Gasteiger partial charge in [0.05, 0.1) is 0 Å². The van der Waals surface area contributed by atoms with Crippen LogP contribution in [-0.4, -0.2) is 38.4 Å². The van der Waals surface area contributed by atoms with Gasteiger partial charge in [0.2, 0.25) is 0 Å². The van der Waals surface area contributed by atoms with Gasteiger partial charge in [0, 0.05) is 13.1 Å². The van der Waals surface area contributed by atoms with E-state index in [9.17, 15) is 9.59 Å². The molecule has 0 amide bonds. The minimum Gasteiger partial charge on any atom is -0.301 e. The lowest BCUT2D eigenvalue weighted by Crippen LogP contribution is -2.28. The maximum Gasteiger partial charge on any atom is 0.328 e. The third-order valence-electron chi connectivity index (χ3n) is 4.55. The first-order chi connectivity index (χ1) is 13.8. The Morgan fingerprint density at radius 2 is 1.62 bits per heavy atom. The molecule has 0 aliphatic rings. The summed E-state index contributed by atoms with van der Waals surface area (Å²) in [6.45, 7) is 7.13. The van der Waals surface area contributed by atoms with Crippen molar-refractivity contribution < 1.29 is 0 Å². The maximum absolute atomic E-state index is 12.6. The molecule has 0 spiro atoms. The van der Waals surface area contributed by atoms with Gasteiger partial charge < -0.3 is 4.57 Å². The van der Waals surface area contributed by atoms with E-state index in [2.05, 4.69) is 19.9 Å². The number of rotatable bonds is 5. The molecule has 0 fully saturated rings. The first kappa shape index (κ1) is 19.5. The first-order valence-corrected chi connectivity index (χ1v) is 10.1. The van der Waals surface area contributed by atoms with Gasteiger partial charge in [0.15, 0.2) is 21.6 Å². The molecular weight excluding hydrogens is 412 g/mol. The van der Waals surface area contributed by atoms with Crippen molar-refractivity contribution in [3.63, 3.8) is 0 Å². The van der Waals surface area contributed by atoms with Gasteiger partial charge in [-0.15, -0.1) is 0 Å². The van der Waals surface area contributed by atoms with Crippen LogP contribution in [0.25, 0.3) is 22.3 Å². The van der Waals surface area contributed by atoms with Crippen LogP contribution < -0.4 is 11.2 Å². The van der Waals surface area contributed by atoms with E-state index in [4.69, 9.17) is 24.4 Å². The van der Waals surface area contributed by atoms with Gasteiger partial charge in [0.1, 0.15) is 22.8 Å². The van der Waals surface area contributed by atoms with Gasteiger partial charge in [-0.25, -0.2) is 24.1 Å².